The minimum atomic E-state index is -3.08. The Morgan fingerprint density at radius 3 is 2.75 bits per heavy atom. The van der Waals surface area contributed by atoms with Crippen LogP contribution in [0, 0.1) is 0 Å². The Kier molecular flexibility index (Phi) is 4.24. The lowest BCUT2D eigenvalue weighted by Gasteiger charge is -2.06. The van der Waals surface area contributed by atoms with Gasteiger partial charge in [-0.3, -0.25) is 0 Å². The van der Waals surface area contributed by atoms with Crippen LogP contribution < -0.4 is 5.73 Å². The Morgan fingerprint density at radius 2 is 2.10 bits per heavy atom. The van der Waals surface area contributed by atoms with Gasteiger partial charge < -0.3 is 5.73 Å². The Hall–Kier alpha value is -1.67. The molecule has 20 heavy (non-hydrogen) atoms. The third kappa shape index (κ3) is 3.45. The van der Waals surface area contributed by atoms with Crippen LogP contribution in [0.2, 0.25) is 5.02 Å². The average Bonchev–Trinajstić information content (AvgIpc) is 2.84. The van der Waals surface area contributed by atoms with E-state index in [9.17, 15) is 8.42 Å². The van der Waals surface area contributed by atoms with Crippen molar-refractivity contribution in [2.24, 2.45) is 0 Å². The predicted octanol–water partition coefficient (Wildman–Crippen LogP) is 1.01. The Morgan fingerprint density at radius 1 is 1.35 bits per heavy atom. The molecule has 0 fully saturated rings. The van der Waals surface area contributed by atoms with Gasteiger partial charge in [-0.1, -0.05) is 18.5 Å². The van der Waals surface area contributed by atoms with Crippen molar-refractivity contribution in [2.45, 2.75) is 13.5 Å². The van der Waals surface area contributed by atoms with E-state index in [1.165, 1.54) is 4.68 Å². The Labute approximate surface area is 121 Å². The first kappa shape index (κ1) is 14.7. The van der Waals surface area contributed by atoms with Crippen molar-refractivity contribution in [3.8, 4) is 11.4 Å². The van der Waals surface area contributed by atoms with Gasteiger partial charge in [0.25, 0.3) is 0 Å². The largest absolute Gasteiger partial charge is 0.399 e. The fourth-order valence-electron chi connectivity index (χ4n) is 1.67. The molecule has 9 heteroatoms. The molecule has 2 aromatic rings. The number of nitrogens with two attached hydrogens (primary N) is 1. The number of hydrogen-bond donors (Lipinski definition) is 1. The van der Waals surface area contributed by atoms with Crippen LogP contribution in [0.3, 0.4) is 0 Å². The molecule has 0 radical (unpaired) electrons. The summed E-state index contributed by atoms with van der Waals surface area (Å²) in [5, 5.41) is 11.7. The van der Waals surface area contributed by atoms with Crippen LogP contribution in [0.4, 0.5) is 5.69 Å². The predicted molar refractivity (Wildman–Crippen MR) is 77.0 cm³/mol. The molecule has 2 N–H and O–H groups in total. The van der Waals surface area contributed by atoms with Gasteiger partial charge in [0.1, 0.15) is 0 Å². The second-order valence-corrected chi connectivity index (χ2v) is 7.14. The van der Waals surface area contributed by atoms with E-state index in [1.54, 1.807) is 25.1 Å². The van der Waals surface area contributed by atoms with Gasteiger partial charge in [0.15, 0.2) is 15.7 Å². The van der Waals surface area contributed by atoms with Crippen LogP contribution in [0.25, 0.3) is 11.4 Å². The number of halogens is 1. The summed E-state index contributed by atoms with van der Waals surface area (Å²) in [4.78, 5) is 0. The van der Waals surface area contributed by atoms with Crippen molar-refractivity contribution in [1.29, 1.82) is 0 Å². The number of anilines is 1. The molecule has 1 aromatic heterocycles. The number of rotatable bonds is 5. The summed E-state index contributed by atoms with van der Waals surface area (Å²) >= 11 is 5.94. The first-order valence-corrected chi connectivity index (χ1v) is 8.14. The molecule has 0 saturated carbocycles. The van der Waals surface area contributed by atoms with E-state index in [1.807, 2.05) is 0 Å². The summed E-state index contributed by atoms with van der Waals surface area (Å²) in [5.74, 6) is 0.511. The highest BCUT2D eigenvalue weighted by molar-refractivity contribution is 7.91. The first-order valence-electron chi connectivity index (χ1n) is 5.94. The molecule has 0 amide bonds. The number of aryl methyl sites for hydroxylation is 1. The van der Waals surface area contributed by atoms with Gasteiger partial charge in [-0.2, -0.15) is 0 Å². The molecule has 2 rings (SSSR count). The highest BCUT2D eigenvalue weighted by Crippen LogP contribution is 2.24. The number of aromatic nitrogens is 4. The van der Waals surface area contributed by atoms with E-state index in [2.05, 4.69) is 15.5 Å². The normalized spacial score (nSPS) is 11.7. The monoisotopic (exact) mass is 315 g/mol. The quantitative estimate of drug-likeness (QED) is 0.826. The van der Waals surface area contributed by atoms with Crippen molar-refractivity contribution < 1.29 is 8.42 Å². The summed E-state index contributed by atoms with van der Waals surface area (Å²) in [7, 11) is -3.08. The standard InChI is InChI=1S/C11H14ClN5O2S/c1-2-20(18,19)4-3-17-11(14-15-16-17)8-5-9(12)7-10(13)6-8/h5-7H,2-4,13H2,1H3. The van der Waals surface area contributed by atoms with Gasteiger partial charge in [-0.05, 0) is 28.6 Å². The van der Waals surface area contributed by atoms with Gasteiger partial charge in [-0.25, -0.2) is 13.1 Å². The Balaban J connectivity index is 2.29. The van der Waals surface area contributed by atoms with E-state index < -0.39 is 9.84 Å². The molecule has 1 aromatic carbocycles. The van der Waals surface area contributed by atoms with Crippen LogP contribution in [0.15, 0.2) is 18.2 Å². The maximum atomic E-state index is 11.5. The minimum absolute atomic E-state index is 0.0163. The zero-order valence-electron chi connectivity index (χ0n) is 10.8. The summed E-state index contributed by atoms with van der Waals surface area (Å²) in [6, 6.07) is 4.97. The van der Waals surface area contributed by atoms with Crippen molar-refractivity contribution in [1.82, 2.24) is 20.2 Å². The van der Waals surface area contributed by atoms with Crippen LogP contribution in [0.1, 0.15) is 6.92 Å². The third-order valence-electron chi connectivity index (χ3n) is 2.76. The van der Waals surface area contributed by atoms with Gasteiger partial charge in [-0.15, -0.1) is 5.10 Å². The molecule has 0 saturated heterocycles. The van der Waals surface area contributed by atoms with Crippen LogP contribution in [-0.4, -0.2) is 40.1 Å². The lowest BCUT2D eigenvalue weighted by Crippen LogP contribution is -2.16. The maximum Gasteiger partial charge on any atom is 0.182 e. The second-order valence-electron chi connectivity index (χ2n) is 4.24. The smallest absolute Gasteiger partial charge is 0.182 e. The van der Waals surface area contributed by atoms with Crippen molar-refractivity contribution in [2.75, 3.05) is 17.2 Å². The van der Waals surface area contributed by atoms with Crippen molar-refractivity contribution >= 4 is 27.1 Å². The summed E-state index contributed by atoms with van der Waals surface area (Å²) in [5.41, 5.74) is 6.86. The van der Waals surface area contributed by atoms with Gasteiger partial charge in [0.2, 0.25) is 0 Å². The van der Waals surface area contributed by atoms with Crippen molar-refractivity contribution in [3.63, 3.8) is 0 Å². The summed E-state index contributed by atoms with van der Waals surface area (Å²) in [6.45, 7) is 1.79. The minimum Gasteiger partial charge on any atom is -0.399 e. The number of tetrazole rings is 1. The molecular formula is C11H14ClN5O2S. The molecule has 0 aliphatic carbocycles. The van der Waals surface area contributed by atoms with Crippen LogP contribution >= 0.6 is 11.6 Å². The fourth-order valence-corrected chi connectivity index (χ4v) is 2.66. The molecule has 0 aliphatic heterocycles. The van der Waals surface area contributed by atoms with Crippen molar-refractivity contribution in [3.05, 3.63) is 23.2 Å². The van der Waals surface area contributed by atoms with Gasteiger partial charge >= 0.3 is 0 Å². The zero-order chi connectivity index (χ0) is 14.8. The maximum absolute atomic E-state index is 11.5. The van der Waals surface area contributed by atoms with Crippen LogP contribution in [-0.2, 0) is 16.4 Å². The van der Waals surface area contributed by atoms with E-state index in [0.717, 1.165) is 0 Å². The number of benzene rings is 1. The number of nitrogen functional groups attached to an aromatic ring is 1. The highest BCUT2D eigenvalue weighted by Gasteiger charge is 2.13. The average molecular weight is 316 g/mol. The Bertz CT molecular complexity index is 693. The summed E-state index contributed by atoms with van der Waals surface area (Å²) < 4.78 is 24.5. The highest BCUT2D eigenvalue weighted by atomic mass is 35.5. The summed E-state index contributed by atoms with van der Waals surface area (Å²) in [6.07, 6.45) is 0. The molecule has 7 nitrogen and oxygen atoms in total. The molecule has 0 spiro atoms. The van der Waals surface area contributed by atoms with E-state index >= 15 is 0 Å². The molecular weight excluding hydrogens is 302 g/mol. The number of sulfone groups is 1. The molecule has 0 aliphatic rings. The molecule has 0 bridgehead atoms. The molecule has 1 heterocycles. The van der Waals surface area contributed by atoms with Gasteiger partial charge in [0, 0.05) is 22.0 Å². The lowest BCUT2D eigenvalue weighted by molar-refractivity contribution is 0.577. The van der Waals surface area contributed by atoms with Crippen LogP contribution in [0.5, 0.6) is 0 Å². The van der Waals surface area contributed by atoms with E-state index in [0.29, 0.717) is 22.1 Å². The molecule has 108 valence electrons. The third-order valence-corrected chi connectivity index (χ3v) is 4.67. The topological polar surface area (TPSA) is 104 Å². The lowest BCUT2D eigenvalue weighted by atomic mass is 10.2. The van der Waals surface area contributed by atoms with E-state index in [4.69, 9.17) is 17.3 Å². The van der Waals surface area contributed by atoms with E-state index in [-0.39, 0.29) is 18.1 Å². The fraction of sp³-hybridized carbons (Fsp3) is 0.364. The number of hydrogen-bond acceptors (Lipinski definition) is 6. The SMILES string of the molecule is CCS(=O)(=O)CCn1nnnc1-c1cc(N)cc(Cl)c1. The number of nitrogens with zero attached hydrogens (tertiary/aromatic N) is 4. The molecule has 0 atom stereocenters. The molecule has 0 unspecified atom stereocenters. The first-order chi connectivity index (χ1) is 9.41. The van der Waals surface area contributed by atoms with Gasteiger partial charge in [0.05, 0.1) is 12.3 Å². The zero-order valence-corrected chi connectivity index (χ0v) is 12.4. The second kappa shape index (κ2) is 5.76.